The Bertz CT molecular complexity index is 1010. The molecule has 1 aliphatic heterocycles. The van der Waals surface area contributed by atoms with Crippen molar-refractivity contribution in [1.29, 1.82) is 0 Å². The molecule has 0 aliphatic carbocycles. The van der Waals surface area contributed by atoms with E-state index in [0.29, 0.717) is 18.1 Å². The van der Waals surface area contributed by atoms with Crippen molar-refractivity contribution in [1.82, 2.24) is 0 Å². The predicted octanol–water partition coefficient (Wildman–Crippen LogP) is 5.83. The first-order valence-corrected chi connectivity index (χ1v) is 11.9. The van der Waals surface area contributed by atoms with Crippen LogP contribution in [0, 0.1) is 0 Å². The molecule has 0 radical (unpaired) electrons. The van der Waals surface area contributed by atoms with Crippen molar-refractivity contribution in [2.75, 3.05) is 16.0 Å². The average molecular weight is 437 g/mol. The maximum absolute atomic E-state index is 12.6. The topological polar surface area (TPSA) is 49.4 Å². The maximum atomic E-state index is 12.6. The fourth-order valence-electron chi connectivity index (χ4n) is 3.48. The number of thiophene rings is 1. The number of anilines is 2. The van der Waals surface area contributed by atoms with Crippen LogP contribution in [0.3, 0.4) is 0 Å². The number of amides is 2. The summed E-state index contributed by atoms with van der Waals surface area (Å²) in [6.45, 7) is 4.32. The molecule has 2 aromatic carbocycles. The van der Waals surface area contributed by atoms with Gasteiger partial charge in [-0.05, 0) is 52.8 Å². The number of hydrogen-bond acceptors (Lipinski definition) is 4. The van der Waals surface area contributed by atoms with E-state index in [0.717, 1.165) is 21.8 Å². The molecular weight excluding hydrogens is 412 g/mol. The number of thioether (sulfide) groups is 1. The van der Waals surface area contributed by atoms with Crippen LogP contribution in [-0.4, -0.2) is 17.6 Å². The SMILES string of the molecule is CC(C)c1ccc(N2C(=O)CS[C@H]2c2ccc(NC(=O)Cc3cccs3)cc2)cc1. The molecule has 4 rings (SSSR count). The molecule has 154 valence electrons. The van der Waals surface area contributed by atoms with Crippen LogP contribution in [0.1, 0.15) is 41.1 Å². The number of rotatable bonds is 6. The minimum absolute atomic E-state index is 0.0255. The molecule has 3 aromatic rings. The standard InChI is InChI=1S/C24H24N2O2S2/c1-16(2)17-7-11-20(12-8-17)26-23(28)15-30-24(26)18-5-9-19(10-6-18)25-22(27)14-21-4-3-13-29-21/h3-13,16,24H,14-15H2,1-2H3,(H,25,27)/t24-/m0/s1. The second-order valence-electron chi connectivity index (χ2n) is 7.60. The summed E-state index contributed by atoms with van der Waals surface area (Å²) in [6.07, 6.45) is 0.381. The van der Waals surface area contributed by atoms with E-state index >= 15 is 0 Å². The van der Waals surface area contributed by atoms with Gasteiger partial charge in [0.05, 0.1) is 12.2 Å². The first-order chi connectivity index (χ1) is 14.5. The molecule has 1 N–H and O–H groups in total. The van der Waals surface area contributed by atoms with E-state index < -0.39 is 0 Å². The normalized spacial score (nSPS) is 16.3. The lowest BCUT2D eigenvalue weighted by molar-refractivity contribution is -0.116. The molecule has 30 heavy (non-hydrogen) atoms. The molecule has 0 saturated carbocycles. The zero-order chi connectivity index (χ0) is 21.1. The minimum Gasteiger partial charge on any atom is -0.326 e. The molecule has 2 heterocycles. The smallest absolute Gasteiger partial charge is 0.238 e. The highest BCUT2D eigenvalue weighted by Crippen LogP contribution is 2.42. The van der Waals surface area contributed by atoms with E-state index in [1.165, 1.54) is 5.56 Å². The Balaban J connectivity index is 1.47. The number of carbonyl (C=O) groups is 2. The molecule has 1 atom stereocenters. The Morgan fingerprint density at radius 2 is 1.83 bits per heavy atom. The van der Waals surface area contributed by atoms with Crippen LogP contribution in [-0.2, 0) is 16.0 Å². The Morgan fingerprint density at radius 1 is 1.10 bits per heavy atom. The van der Waals surface area contributed by atoms with E-state index in [4.69, 9.17) is 0 Å². The van der Waals surface area contributed by atoms with E-state index in [2.05, 4.69) is 31.3 Å². The van der Waals surface area contributed by atoms with Gasteiger partial charge in [-0.3, -0.25) is 14.5 Å². The average Bonchev–Trinajstić information content (AvgIpc) is 3.38. The highest BCUT2D eigenvalue weighted by molar-refractivity contribution is 8.00. The predicted molar refractivity (Wildman–Crippen MR) is 126 cm³/mol. The monoisotopic (exact) mass is 436 g/mol. The van der Waals surface area contributed by atoms with Gasteiger partial charge in [0.1, 0.15) is 5.37 Å². The van der Waals surface area contributed by atoms with Crippen molar-refractivity contribution in [3.63, 3.8) is 0 Å². The second-order valence-corrected chi connectivity index (χ2v) is 9.70. The lowest BCUT2D eigenvalue weighted by Crippen LogP contribution is -2.27. The molecule has 1 saturated heterocycles. The highest BCUT2D eigenvalue weighted by atomic mass is 32.2. The number of hydrogen-bond donors (Lipinski definition) is 1. The summed E-state index contributed by atoms with van der Waals surface area (Å²) in [6, 6.07) is 20.0. The van der Waals surface area contributed by atoms with Crippen LogP contribution in [0.15, 0.2) is 66.0 Å². The third-order valence-electron chi connectivity index (χ3n) is 5.10. The van der Waals surface area contributed by atoms with Gasteiger partial charge in [0, 0.05) is 16.3 Å². The van der Waals surface area contributed by atoms with Crippen LogP contribution >= 0.6 is 23.1 Å². The molecule has 4 nitrogen and oxygen atoms in total. The first kappa shape index (κ1) is 20.7. The van der Waals surface area contributed by atoms with Gasteiger partial charge in [-0.15, -0.1) is 23.1 Å². The quantitative estimate of drug-likeness (QED) is 0.529. The maximum Gasteiger partial charge on any atom is 0.238 e. The molecule has 2 amide bonds. The van der Waals surface area contributed by atoms with Gasteiger partial charge < -0.3 is 5.32 Å². The van der Waals surface area contributed by atoms with Crippen molar-refractivity contribution in [2.45, 2.75) is 31.6 Å². The third-order valence-corrected chi connectivity index (χ3v) is 7.19. The molecule has 1 aliphatic rings. The van der Waals surface area contributed by atoms with Crippen molar-refractivity contribution < 1.29 is 9.59 Å². The first-order valence-electron chi connectivity index (χ1n) is 9.97. The van der Waals surface area contributed by atoms with E-state index in [-0.39, 0.29) is 17.2 Å². The molecule has 0 bridgehead atoms. The number of benzene rings is 2. The number of nitrogens with one attached hydrogen (secondary N) is 1. The zero-order valence-electron chi connectivity index (χ0n) is 17.0. The highest BCUT2D eigenvalue weighted by Gasteiger charge is 2.34. The van der Waals surface area contributed by atoms with Crippen molar-refractivity contribution in [3.8, 4) is 0 Å². The third kappa shape index (κ3) is 4.60. The van der Waals surface area contributed by atoms with Gasteiger partial charge >= 0.3 is 0 Å². The molecule has 1 aromatic heterocycles. The summed E-state index contributed by atoms with van der Waals surface area (Å²) in [5.74, 6) is 1.02. The van der Waals surface area contributed by atoms with E-state index in [9.17, 15) is 9.59 Å². The summed E-state index contributed by atoms with van der Waals surface area (Å²) in [4.78, 5) is 27.7. The molecule has 0 unspecified atom stereocenters. The van der Waals surface area contributed by atoms with Crippen LogP contribution in [0.25, 0.3) is 0 Å². The number of carbonyl (C=O) groups excluding carboxylic acids is 2. The Kier molecular flexibility index (Phi) is 6.25. The fraction of sp³-hybridized carbons (Fsp3) is 0.250. The Hall–Kier alpha value is -2.57. The van der Waals surface area contributed by atoms with Gasteiger partial charge in [0.25, 0.3) is 0 Å². The van der Waals surface area contributed by atoms with Gasteiger partial charge in [-0.25, -0.2) is 0 Å². The zero-order valence-corrected chi connectivity index (χ0v) is 18.6. The summed E-state index contributed by atoms with van der Waals surface area (Å²) in [5.41, 5.74) is 4.00. The van der Waals surface area contributed by atoms with Crippen molar-refractivity contribution in [3.05, 3.63) is 82.0 Å². The molecule has 0 spiro atoms. The summed E-state index contributed by atoms with van der Waals surface area (Å²) in [5, 5.41) is 4.86. The van der Waals surface area contributed by atoms with Crippen LogP contribution in [0.2, 0.25) is 0 Å². The molecular formula is C24H24N2O2S2. The lowest BCUT2D eigenvalue weighted by Gasteiger charge is -2.25. The Labute approximate surface area is 185 Å². The molecule has 6 heteroatoms. The minimum atomic E-state index is -0.0572. The van der Waals surface area contributed by atoms with Gasteiger partial charge in [0.15, 0.2) is 0 Å². The lowest BCUT2D eigenvalue weighted by atomic mass is 10.0. The van der Waals surface area contributed by atoms with Crippen LogP contribution in [0.4, 0.5) is 11.4 Å². The van der Waals surface area contributed by atoms with Gasteiger partial charge in [0.2, 0.25) is 11.8 Å². The second kappa shape index (κ2) is 9.06. The summed E-state index contributed by atoms with van der Waals surface area (Å²) >= 11 is 3.21. The van der Waals surface area contributed by atoms with E-state index in [1.807, 2.05) is 58.8 Å². The van der Waals surface area contributed by atoms with Gasteiger partial charge in [-0.1, -0.05) is 44.2 Å². The van der Waals surface area contributed by atoms with Crippen LogP contribution < -0.4 is 10.2 Å². The molecule has 1 fully saturated rings. The summed E-state index contributed by atoms with van der Waals surface area (Å²) in [7, 11) is 0. The Morgan fingerprint density at radius 3 is 2.47 bits per heavy atom. The van der Waals surface area contributed by atoms with Crippen LogP contribution in [0.5, 0.6) is 0 Å². The summed E-state index contributed by atoms with van der Waals surface area (Å²) < 4.78 is 0. The number of nitrogens with zero attached hydrogens (tertiary/aromatic N) is 1. The van der Waals surface area contributed by atoms with Gasteiger partial charge in [-0.2, -0.15) is 0 Å². The fourth-order valence-corrected chi connectivity index (χ4v) is 5.36. The largest absolute Gasteiger partial charge is 0.326 e. The van der Waals surface area contributed by atoms with Crippen molar-refractivity contribution in [2.24, 2.45) is 0 Å². The van der Waals surface area contributed by atoms with E-state index in [1.54, 1.807) is 23.1 Å². The van der Waals surface area contributed by atoms with Crippen molar-refractivity contribution >= 4 is 46.3 Å².